The highest BCUT2D eigenvalue weighted by atomic mass is 19.1. The van der Waals surface area contributed by atoms with E-state index >= 15 is 0 Å². The zero-order valence-corrected chi connectivity index (χ0v) is 17.4. The van der Waals surface area contributed by atoms with Crippen molar-refractivity contribution in [3.63, 3.8) is 0 Å². The van der Waals surface area contributed by atoms with Crippen molar-refractivity contribution in [3.8, 4) is 5.75 Å². The first kappa shape index (κ1) is 21.3. The Morgan fingerprint density at radius 2 is 1.71 bits per heavy atom. The lowest BCUT2D eigenvalue weighted by Crippen LogP contribution is -2.42. The zero-order chi connectivity index (χ0) is 21.8. The van der Waals surface area contributed by atoms with Crippen molar-refractivity contribution in [1.82, 2.24) is 9.80 Å². The van der Waals surface area contributed by atoms with Gasteiger partial charge in [-0.25, -0.2) is 8.78 Å². The van der Waals surface area contributed by atoms with Crippen LogP contribution >= 0.6 is 0 Å². The van der Waals surface area contributed by atoms with Crippen molar-refractivity contribution >= 4 is 11.8 Å². The monoisotopic (exact) mass is 428 g/mol. The van der Waals surface area contributed by atoms with Crippen LogP contribution < -0.4 is 4.74 Å². The Kier molecular flexibility index (Phi) is 6.49. The van der Waals surface area contributed by atoms with Gasteiger partial charge in [0.25, 0.3) is 11.8 Å². The lowest BCUT2D eigenvalue weighted by atomic mass is 9.98. The quantitative estimate of drug-likeness (QED) is 0.720. The van der Waals surface area contributed by atoms with E-state index in [9.17, 15) is 18.4 Å². The van der Waals surface area contributed by atoms with Gasteiger partial charge in [0.05, 0.1) is 12.2 Å². The smallest absolute Gasteiger partial charge is 0.256 e. The predicted molar refractivity (Wildman–Crippen MR) is 112 cm³/mol. The molecule has 0 aromatic heterocycles. The highest BCUT2D eigenvalue weighted by Gasteiger charge is 2.27. The first-order valence-electron chi connectivity index (χ1n) is 10.8. The molecule has 0 aliphatic carbocycles. The van der Waals surface area contributed by atoms with Gasteiger partial charge in [0.1, 0.15) is 17.4 Å². The molecule has 0 saturated carbocycles. The highest BCUT2D eigenvalue weighted by Crippen LogP contribution is 2.23. The van der Waals surface area contributed by atoms with Crippen molar-refractivity contribution in [1.29, 1.82) is 0 Å². The summed E-state index contributed by atoms with van der Waals surface area (Å²) in [5.41, 5.74) is 0.371. The van der Waals surface area contributed by atoms with Crippen molar-refractivity contribution in [2.75, 3.05) is 32.8 Å². The summed E-state index contributed by atoms with van der Waals surface area (Å²) in [6.45, 7) is 2.90. The number of nitrogens with zero attached hydrogens (tertiary/aromatic N) is 2. The Balaban J connectivity index is 1.36. The topological polar surface area (TPSA) is 49.9 Å². The summed E-state index contributed by atoms with van der Waals surface area (Å²) in [6.07, 6.45) is 3.72. The number of ether oxygens (including phenoxy) is 1. The van der Waals surface area contributed by atoms with Crippen LogP contribution in [0, 0.1) is 17.6 Å². The minimum atomic E-state index is -0.718. The summed E-state index contributed by atoms with van der Waals surface area (Å²) >= 11 is 0. The summed E-state index contributed by atoms with van der Waals surface area (Å²) in [5.74, 6) is -1.14. The molecule has 7 heteroatoms. The molecule has 164 valence electrons. The molecule has 4 rings (SSSR count). The van der Waals surface area contributed by atoms with E-state index in [4.69, 9.17) is 4.74 Å². The normalized spacial score (nSPS) is 18.8. The molecule has 1 atom stereocenters. The van der Waals surface area contributed by atoms with Crippen LogP contribution in [0.2, 0.25) is 0 Å². The van der Waals surface area contributed by atoms with Gasteiger partial charge in [0.2, 0.25) is 0 Å². The number of likely N-dealkylation sites (tertiary alicyclic amines) is 2. The number of benzene rings is 2. The van der Waals surface area contributed by atoms with E-state index in [-0.39, 0.29) is 17.4 Å². The summed E-state index contributed by atoms with van der Waals surface area (Å²) < 4.78 is 33.4. The van der Waals surface area contributed by atoms with Gasteiger partial charge in [0.15, 0.2) is 0 Å². The molecule has 2 amide bonds. The fourth-order valence-corrected chi connectivity index (χ4v) is 4.25. The molecule has 2 aliphatic rings. The van der Waals surface area contributed by atoms with Gasteiger partial charge in [-0.3, -0.25) is 9.59 Å². The summed E-state index contributed by atoms with van der Waals surface area (Å²) in [4.78, 5) is 28.7. The van der Waals surface area contributed by atoms with Gasteiger partial charge in [-0.1, -0.05) is 6.07 Å². The summed E-state index contributed by atoms with van der Waals surface area (Å²) in [5, 5.41) is 0. The number of carbonyl (C=O) groups excluding carboxylic acids is 2. The molecule has 0 radical (unpaired) electrons. The van der Waals surface area contributed by atoms with Crippen LogP contribution in [0.15, 0.2) is 42.5 Å². The van der Waals surface area contributed by atoms with Crippen LogP contribution in [0.25, 0.3) is 0 Å². The minimum Gasteiger partial charge on any atom is -0.493 e. The first-order valence-corrected chi connectivity index (χ1v) is 10.8. The first-order chi connectivity index (χ1) is 15.0. The molecule has 2 aliphatic heterocycles. The number of halogens is 2. The van der Waals surface area contributed by atoms with Crippen molar-refractivity contribution in [3.05, 3.63) is 65.2 Å². The minimum absolute atomic E-state index is 0.0227. The van der Waals surface area contributed by atoms with Crippen molar-refractivity contribution < 1.29 is 23.1 Å². The fourth-order valence-electron chi connectivity index (χ4n) is 4.25. The van der Waals surface area contributed by atoms with Crippen molar-refractivity contribution in [2.45, 2.75) is 25.7 Å². The second-order valence-corrected chi connectivity index (χ2v) is 8.22. The number of hydrogen-bond acceptors (Lipinski definition) is 3. The number of amides is 2. The van der Waals surface area contributed by atoms with Crippen LogP contribution in [-0.2, 0) is 0 Å². The van der Waals surface area contributed by atoms with Gasteiger partial charge >= 0.3 is 0 Å². The maximum Gasteiger partial charge on any atom is 0.256 e. The number of carbonyl (C=O) groups is 2. The van der Waals surface area contributed by atoms with Gasteiger partial charge in [-0.05, 0) is 62.1 Å². The molecule has 2 heterocycles. The third kappa shape index (κ3) is 5.03. The number of piperidine rings is 1. The van der Waals surface area contributed by atoms with E-state index in [1.807, 2.05) is 17.0 Å². The maximum atomic E-state index is 14.0. The lowest BCUT2D eigenvalue weighted by Gasteiger charge is -2.32. The van der Waals surface area contributed by atoms with Gasteiger partial charge in [0, 0.05) is 37.7 Å². The standard InChI is InChI=1S/C24H26F2N2O3/c25-19-8-9-22(26)21(14-19)24(30)28-12-4-5-17(15-28)16-31-20-7-3-6-18(13-20)23(29)27-10-1-2-11-27/h3,6-9,13-14,17H,1-2,4-5,10-12,15-16H2/t17-/m1/s1. The van der Waals surface area contributed by atoms with Crippen LogP contribution in [0.5, 0.6) is 5.75 Å². The molecule has 0 unspecified atom stereocenters. The second kappa shape index (κ2) is 9.45. The van der Waals surface area contributed by atoms with E-state index in [2.05, 4.69) is 0 Å². The Morgan fingerprint density at radius 1 is 0.935 bits per heavy atom. The molecular formula is C24H26F2N2O3. The average Bonchev–Trinajstić information content (AvgIpc) is 3.34. The largest absolute Gasteiger partial charge is 0.493 e. The average molecular weight is 428 g/mol. The Morgan fingerprint density at radius 3 is 2.52 bits per heavy atom. The highest BCUT2D eigenvalue weighted by molar-refractivity contribution is 5.95. The molecule has 0 spiro atoms. The third-order valence-electron chi connectivity index (χ3n) is 5.92. The molecular weight excluding hydrogens is 402 g/mol. The molecule has 5 nitrogen and oxygen atoms in total. The number of hydrogen-bond donors (Lipinski definition) is 0. The van der Waals surface area contributed by atoms with E-state index in [1.54, 1.807) is 17.0 Å². The fraction of sp³-hybridized carbons (Fsp3) is 0.417. The van der Waals surface area contributed by atoms with Crippen molar-refractivity contribution in [2.24, 2.45) is 5.92 Å². The molecule has 31 heavy (non-hydrogen) atoms. The molecule has 2 saturated heterocycles. The molecule has 2 aromatic carbocycles. The van der Waals surface area contributed by atoms with E-state index < -0.39 is 17.5 Å². The Hall–Kier alpha value is -2.96. The second-order valence-electron chi connectivity index (χ2n) is 8.22. The Bertz CT molecular complexity index is 960. The third-order valence-corrected chi connectivity index (χ3v) is 5.92. The van der Waals surface area contributed by atoms with E-state index in [0.29, 0.717) is 31.0 Å². The summed E-state index contributed by atoms with van der Waals surface area (Å²) in [6, 6.07) is 10.1. The van der Waals surface area contributed by atoms with Crippen LogP contribution in [0.1, 0.15) is 46.4 Å². The van der Waals surface area contributed by atoms with Gasteiger partial charge < -0.3 is 14.5 Å². The maximum absolute atomic E-state index is 14.0. The SMILES string of the molecule is O=C(c1cccc(OC[C@@H]2CCCN(C(=O)c3cc(F)ccc3F)C2)c1)N1CCCC1. The van der Waals surface area contributed by atoms with Gasteiger partial charge in [-0.2, -0.15) is 0 Å². The van der Waals surface area contributed by atoms with Gasteiger partial charge in [-0.15, -0.1) is 0 Å². The Labute approximate surface area is 180 Å². The molecule has 2 aromatic rings. The van der Waals surface area contributed by atoms with Crippen LogP contribution in [0.3, 0.4) is 0 Å². The van der Waals surface area contributed by atoms with E-state index in [1.165, 1.54) is 0 Å². The summed E-state index contributed by atoms with van der Waals surface area (Å²) in [7, 11) is 0. The van der Waals surface area contributed by atoms with Crippen LogP contribution in [-0.4, -0.2) is 54.4 Å². The number of rotatable bonds is 5. The zero-order valence-electron chi connectivity index (χ0n) is 17.4. The molecule has 2 fully saturated rings. The molecule has 0 bridgehead atoms. The van der Waals surface area contributed by atoms with Crippen LogP contribution in [0.4, 0.5) is 8.78 Å². The molecule has 0 N–H and O–H groups in total. The van der Waals surface area contributed by atoms with E-state index in [0.717, 1.165) is 57.0 Å². The predicted octanol–water partition coefficient (Wildman–Crippen LogP) is 4.13. The lowest BCUT2D eigenvalue weighted by molar-refractivity contribution is 0.0627.